The van der Waals surface area contributed by atoms with Gasteiger partial charge in [-0.25, -0.2) is 4.79 Å². The average molecular weight is 321 g/mol. The monoisotopic (exact) mass is 321 g/mol. The number of rotatable bonds is 9. The molecule has 0 aromatic heterocycles. The Morgan fingerprint density at radius 3 is 2.17 bits per heavy atom. The summed E-state index contributed by atoms with van der Waals surface area (Å²) in [4.78, 5) is 34.2. The van der Waals surface area contributed by atoms with Gasteiger partial charge in [-0.15, -0.1) is 0 Å². The lowest BCUT2D eigenvalue weighted by molar-refractivity contribution is -0.147. The van der Waals surface area contributed by atoms with E-state index in [1.807, 2.05) is 44.2 Å². The zero-order chi connectivity index (χ0) is 17.4. The second-order valence-corrected chi connectivity index (χ2v) is 6.01. The van der Waals surface area contributed by atoms with Crippen LogP contribution in [0.25, 0.3) is 0 Å². The van der Waals surface area contributed by atoms with Crippen molar-refractivity contribution in [1.29, 1.82) is 0 Å². The molecule has 0 bridgehead atoms. The summed E-state index contributed by atoms with van der Waals surface area (Å²) in [6.07, 6.45) is 0.450. The lowest BCUT2D eigenvalue weighted by atomic mass is 9.90. The first-order chi connectivity index (χ1) is 10.8. The van der Waals surface area contributed by atoms with Crippen LogP contribution in [-0.2, 0) is 20.8 Å². The highest BCUT2D eigenvalue weighted by atomic mass is 16.4. The fourth-order valence-corrected chi connectivity index (χ4v) is 2.41. The smallest absolute Gasteiger partial charge is 0.326 e. The summed E-state index contributed by atoms with van der Waals surface area (Å²) in [5.41, 5.74) is 0.985. The van der Waals surface area contributed by atoms with E-state index >= 15 is 0 Å². The van der Waals surface area contributed by atoms with Gasteiger partial charge in [-0.3, -0.25) is 9.59 Å². The van der Waals surface area contributed by atoms with Crippen LogP contribution in [0.5, 0.6) is 0 Å². The van der Waals surface area contributed by atoms with Crippen molar-refractivity contribution in [2.24, 2.45) is 11.8 Å². The fraction of sp³-hybridized carbons (Fsp3) is 0.471. The van der Waals surface area contributed by atoms with Gasteiger partial charge in [0, 0.05) is 5.92 Å². The first-order valence-corrected chi connectivity index (χ1v) is 7.58. The second-order valence-electron chi connectivity index (χ2n) is 6.01. The van der Waals surface area contributed by atoms with Crippen LogP contribution in [-0.4, -0.2) is 34.1 Å². The van der Waals surface area contributed by atoms with E-state index in [4.69, 9.17) is 10.2 Å². The van der Waals surface area contributed by atoms with Crippen molar-refractivity contribution >= 4 is 17.8 Å². The molecule has 1 unspecified atom stereocenters. The number of benzene rings is 1. The van der Waals surface area contributed by atoms with Crippen LogP contribution < -0.4 is 5.32 Å². The van der Waals surface area contributed by atoms with Crippen molar-refractivity contribution in [3.8, 4) is 0 Å². The lowest BCUT2D eigenvalue weighted by Crippen LogP contribution is -2.45. The van der Waals surface area contributed by atoms with Crippen LogP contribution in [0.4, 0.5) is 0 Å². The number of hydrogen-bond donors (Lipinski definition) is 3. The molecule has 0 spiro atoms. The zero-order valence-corrected chi connectivity index (χ0v) is 13.4. The molecule has 0 radical (unpaired) electrons. The largest absolute Gasteiger partial charge is 0.481 e. The Morgan fingerprint density at radius 2 is 1.70 bits per heavy atom. The van der Waals surface area contributed by atoms with Crippen molar-refractivity contribution in [3.63, 3.8) is 0 Å². The van der Waals surface area contributed by atoms with Crippen molar-refractivity contribution < 1.29 is 24.6 Å². The molecule has 0 heterocycles. The van der Waals surface area contributed by atoms with Gasteiger partial charge in [-0.2, -0.15) is 0 Å². The summed E-state index contributed by atoms with van der Waals surface area (Å²) >= 11 is 0. The molecule has 6 heteroatoms. The SMILES string of the molecule is CC(C)CC(Cc1ccccc1)C(=O)N[C@H](CC(=O)O)C(=O)O. The van der Waals surface area contributed by atoms with Gasteiger partial charge in [0.05, 0.1) is 6.42 Å². The maximum atomic E-state index is 12.4. The van der Waals surface area contributed by atoms with Crippen LogP contribution in [0.2, 0.25) is 0 Å². The van der Waals surface area contributed by atoms with Crippen molar-refractivity contribution in [3.05, 3.63) is 35.9 Å². The highest BCUT2D eigenvalue weighted by Gasteiger charge is 2.27. The van der Waals surface area contributed by atoms with Crippen LogP contribution >= 0.6 is 0 Å². The van der Waals surface area contributed by atoms with Crippen molar-refractivity contribution in [2.75, 3.05) is 0 Å². The third-order valence-electron chi connectivity index (χ3n) is 3.44. The minimum atomic E-state index is -1.41. The molecular formula is C17H23NO5. The van der Waals surface area contributed by atoms with E-state index in [0.29, 0.717) is 12.8 Å². The molecule has 1 aromatic rings. The summed E-state index contributed by atoms with van der Waals surface area (Å²) in [6, 6.07) is 8.05. The molecule has 126 valence electrons. The number of carbonyl (C=O) groups excluding carboxylic acids is 1. The van der Waals surface area contributed by atoms with Gasteiger partial charge in [-0.1, -0.05) is 44.2 Å². The van der Waals surface area contributed by atoms with Gasteiger partial charge in [-0.05, 0) is 24.3 Å². The molecule has 23 heavy (non-hydrogen) atoms. The molecule has 0 saturated heterocycles. The first-order valence-electron chi connectivity index (χ1n) is 7.58. The molecule has 0 saturated carbocycles. The molecule has 0 fully saturated rings. The van der Waals surface area contributed by atoms with E-state index in [2.05, 4.69) is 5.32 Å². The average Bonchev–Trinajstić information content (AvgIpc) is 2.45. The third kappa shape index (κ3) is 6.95. The minimum Gasteiger partial charge on any atom is -0.481 e. The quantitative estimate of drug-likeness (QED) is 0.645. The van der Waals surface area contributed by atoms with E-state index in [9.17, 15) is 14.4 Å². The molecule has 2 atom stereocenters. The molecule has 1 amide bonds. The number of aliphatic carboxylic acids is 2. The molecule has 0 aliphatic rings. The summed E-state index contributed by atoms with van der Waals surface area (Å²) in [7, 11) is 0. The van der Waals surface area contributed by atoms with E-state index < -0.39 is 36.2 Å². The molecule has 0 aliphatic carbocycles. The third-order valence-corrected chi connectivity index (χ3v) is 3.44. The topological polar surface area (TPSA) is 104 Å². The summed E-state index contributed by atoms with van der Waals surface area (Å²) in [6.45, 7) is 3.97. The minimum absolute atomic E-state index is 0.261. The van der Waals surface area contributed by atoms with E-state index in [1.54, 1.807) is 0 Å². The maximum absolute atomic E-state index is 12.4. The number of carbonyl (C=O) groups is 3. The summed E-state index contributed by atoms with van der Waals surface area (Å²) in [5, 5.41) is 20.2. The second kappa shape index (κ2) is 8.92. The Kier molecular flexibility index (Phi) is 7.25. The predicted molar refractivity (Wildman–Crippen MR) is 84.9 cm³/mol. The van der Waals surface area contributed by atoms with E-state index in [1.165, 1.54) is 0 Å². The summed E-state index contributed by atoms with van der Waals surface area (Å²) in [5.74, 6) is -3.16. The molecule has 1 rings (SSSR count). The number of nitrogens with one attached hydrogen (secondary N) is 1. The lowest BCUT2D eigenvalue weighted by Gasteiger charge is -2.21. The highest BCUT2D eigenvalue weighted by Crippen LogP contribution is 2.18. The van der Waals surface area contributed by atoms with Gasteiger partial charge in [0.2, 0.25) is 5.91 Å². The number of amides is 1. The van der Waals surface area contributed by atoms with Gasteiger partial charge in [0.1, 0.15) is 6.04 Å². The fourth-order valence-electron chi connectivity index (χ4n) is 2.41. The van der Waals surface area contributed by atoms with E-state index in [-0.39, 0.29) is 5.92 Å². The van der Waals surface area contributed by atoms with Gasteiger partial charge >= 0.3 is 11.9 Å². The summed E-state index contributed by atoms with van der Waals surface area (Å²) < 4.78 is 0. The Bertz CT molecular complexity index is 541. The first kappa shape index (κ1) is 18.7. The van der Waals surface area contributed by atoms with Gasteiger partial charge < -0.3 is 15.5 Å². The standard InChI is InChI=1S/C17H23NO5/c1-11(2)8-13(9-12-6-4-3-5-7-12)16(21)18-14(17(22)23)10-15(19)20/h3-7,11,13-14H,8-10H2,1-2H3,(H,18,21)(H,19,20)(H,22,23)/t13?,14-/m1/s1. The zero-order valence-electron chi connectivity index (χ0n) is 13.4. The Morgan fingerprint density at radius 1 is 1.09 bits per heavy atom. The number of hydrogen-bond acceptors (Lipinski definition) is 3. The molecule has 3 N–H and O–H groups in total. The molecule has 1 aromatic carbocycles. The van der Waals surface area contributed by atoms with Crippen LogP contribution in [0.15, 0.2) is 30.3 Å². The molecular weight excluding hydrogens is 298 g/mol. The predicted octanol–water partition coefficient (Wildman–Crippen LogP) is 1.94. The normalized spacial score (nSPS) is 13.3. The van der Waals surface area contributed by atoms with Gasteiger partial charge in [0.15, 0.2) is 0 Å². The van der Waals surface area contributed by atoms with Crippen LogP contribution in [0, 0.1) is 11.8 Å². The Balaban J connectivity index is 2.81. The number of carboxylic acid groups (broad SMARTS) is 2. The molecule has 6 nitrogen and oxygen atoms in total. The van der Waals surface area contributed by atoms with Gasteiger partial charge in [0.25, 0.3) is 0 Å². The van der Waals surface area contributed by atoms with E-state index in [0.717, 1.165) is 5.56 Å². The van der Waals surface area contributed by atoms with Crippen LogP contribution in [0.1, 0.15) is 32.3 Å². The Labute approximate surface area is 135 Å². The van der Waals surface area contributed by atoms with Crippen molar-refractivity contribution in [2.45, 2.75) is 39.2 Å². The Hall–Kier alpha value is -2.37. The number of carboxylic acids is 2. The van der Waals surface area contributed by atoms with Crippen LogP contribution in [0.3, 0.4) is 0 Å². The van der Waals surface area contributed by atoms with Crippen molar-refractivity contribution in [1.82, 2.24) is 5.32 Å². The maximum Gasteiger partial charge on any atom is 0.326 e. The molecule has 0 aliphatic heterocycles. The highest BCUT2D eigenvalue weighted by molar-refractivity contribution is 5.87.